The largest absolute Gasteiger partial charge is 0.497 e. The van der Waals surface area contributed by atoms with Crippen LogP contribution in [0.2, 0.25) is 0 Å². The van der Waals surface area contributed by atoms with E-state index >= 15 is 0 Å². The fourth-order valence-electron chi connectivity index (χ4n) is 1.66. The van der Waals surface area contributed by atoms with Gasteiger partial charge in [0.2, 0.25) is 0 Å². The van der Waals surface area contributed by atoms with E-state index in [0.717, 1.165) is 29.7 Å². The van der Waals surface area contributed by atoms with Gasteiger partial charge in [0.25, 0.3) is 0 Å². The second-order valence-electron chi connectivity index (χ2n) is 3.69. The number of methoxy groups -OCH3 is 1. The van der Waals surface area contributed by atoms with Gasteiger partial charge in [-0.1, -0.05) is 6.07 Å². The van der Waals surface area contributed by atoms with Gasteiger partial charge in [0, 0.05) is 12.6 Å². The summed E-state index contributed by atoms with van der Waals surface area (Å²) in [4.78, 5) is 0. The van der Waals surface area contributed by atoms with Crippen molar-refractivity contribution in [1.29, 1.82) is 0 Å². The van der Waals surface area contributed by atoms with Crippen LogP contribution >= 0.6 is 0 Å². The van der Waals surface area contributed by atoms with Gasteiger partial charge in [-0.05, 0) is 43.0 Å². The quantitative estimate of drug-likeness (QED) is 0.777. The molecule has 0 radical (unpaired) electrons. The van der Waals surface area contributed by atoms with Gasteiger partial charge in [0.05, 0.1) is 7.11 Å². The van der Waals surface area contributed by atoms with Gasteiger partial charge in [-0.15, -0.1) is 0 Å². The Morgan fingerprint density at radius 3 is 2.73 bits per heavy atom. The molecule has 84 valence electrons. The molecule has 0 fully saturated rings. The molecule has 0 aliphatic carbocycles. The molecule has 1 aromatic carbocycles. The molecule has 0 aliphatic rings. The molecule has 0 aliphatic heterocycles. The van der Waals surface area contributed by atoms with E-state index in [2.05, 4.69) is 0 Å². The fraction of sp³-hybridized carbons (Fsp3) is 0.500. The fourth-order valence-corrected chi connectivity index (χ4v) is 1.66. The van der Waals surface area contributed by atoms with Crippen molar-refractivity contribution in [3.8, 4) is 5.75 Å². The van der Waals surface area contributed by atoms with E-state index in [4.69, 9.17) is 15.6 Å². The first-order chi connectivity index (χ1) is 7.19. The highest BCUT2D eigenvalue weighted by atomic mass is 16.5. The molecular weight excluding hydrogens is 190 g/mol. The number of hydrogen-bond donors (Lipinski definition) is 2. The van der Waals surface area contributed by atoms with Crippen molar-refractivity contribution in [2.45, 2.75) is 25.8 Å². The van der Waals surface area contributed by atoms with Gasteiger partial charge in [-0.3, -0.25) is 0 Å². The lowest BCUT2D eigenvalue weighted by Gasteiger charge is -2.14. The van der Waals surface area contributed by atoms with Crippen LogP contribution in [0.25, 0.3) is 0 Å². The predicted molar refractivity (Wildman–Crippen MR) is 61.0 cm³/mol. The van der Waals surface area contributed by atoms with E-state index in [9.17, 15) is 0 Å². The Bertz CT molecular complexity index is 312. The Morgan fingerprint density at radius 2 is 2.20 bits per heavy atom. The van der Waals surface area contributed by atoms with Crippen LogP contribution in [0.4, 0.5) is 0 Å². The van der Waals surface area contributed by atoms with Crippen LogP contribution in [0.1, 0.15) is 30.0 Å². The summed E-state index contributed by atoms with van der Waals surface area (Å²) < 4.78 is 5.13. The Hall–Kier alpha value is -1.06. The molecule has 0 heterocycles. The molecule has 0 bridgehead atoms. The minimum absolute atomic E-state index is 0.00283. The highest BCUT2D eigenvalue weighted by molar-refractivity contribution is 5.36. The van der Waals surface area contributed by atoms with Crippen LogP contribution in [0.3, 0.4) is 0 Å². The molecule has 0 saturated carbocycles. The van der Waals surface area contributed by atoms with Crippen LogP contribution in [-0.2, 0) is 0 Å². The summed E-state index contributed by atoms with van der Waals surface area (Å²) in [7, 11) is 1.65. The Kier molecular flexibility index (Phi) is 4.59. The van der Waals surface area contributed by atoms with Crippen molar-refractivity contribution in [3.63, 3.8) is 0 Å². The smallest absolute Gasteiger partial charge is 0.119 e. The van der Waals surface area contributed by atoms with Crippen molar-refractivity contribution < 1.29 is 9.84 Å². The maximum atomic E-state index is 8.74. The number of aliphatic hydroxyl groups is 1. The lowest BCUT2D eigenvalue weighted by molar-refractivity contribution is 0.280. The first kappa shape index (κ1) is 12.0. The normalized spacial score (nSPS) is 12.5. The molecule has 0 unspecified atom stereocenters. The summed E-state index contributed by atoms with van der Waals surface area (Å²) in [5, 5.41) is 8.74. The van der Waals surface area contributed by atoms with E-state index in [0.29, 0.717) is 0 Å². The van der Waals surface area contributed by atoms with Crippen LogP contribution in [-0.4, -0.2) is 18.8 Å². The standard InChI is InChI=1S/C12H19NO2/c1-9-8-10(15-2)5-6-11(9)12(13)4-3-7-14/h5-6,8,12,14H,3-4,7,13H2,1-2H3/t12-/m0/s1. The molecule has 0 amide bonds. The molecule has 1 atom stereocenters. The van der Waals surface area contributed by atoms with Crippen molar-refractivity contribution >= 4 is 0 Å². The number of rotatable bonds is 5. The van der Waals surface area contributed by atoms with Crippen LogP contribution in [0.15, 0.2) is 18.2 Å². The summed E-state index contributed by atoms with van der Waals surface area (Å²) in [5.41, 5.74) is 8.29. The van der Waals surface area contributed by atoms with E-state index in [1.807, 2.05) is 25.1 Å². The van der Waals surface area contributed by atoms with Crippen LogP contribution in [0.5, 0.6) is 5.75 Å². The van der Waals surface area contributed by atoms with Gasteiger partial charge < -0.3 is 15.6 Å². The lowest BCUT2D eigenvalue weighted by Crippen LogP contribution is -2.12. The average molecular weight is 209 g/mol. The summed E-state index contributed by atoms with van der Waals surface area (Å²) in [6, 6.07) is 5.90. The minimum atomic E-state index is 0.00283. The number of aryl methyl sites for hydroxylation is 1. The zero-order valence-electron chi connectivity index (χ0n) is 9.36. The van der Waals surface area contributed by atoms with E-state index < -0.39 is 0 Å². The van der Waals surface area contributed by atoms with E-state index in [-0.39, 0.29) is 12.6 Å². The van der Waals surface area contributed by atoms with E-state index in [1.54, 1.807) is 7.11 Å². The molecule has 3 N–H and O–H groups in total. The highest BCUT2D eigenvalue weighted by Crippen LogP contribution is 2.23. The maximum absolute atomic E-state index is 8.74. The molecule has 1 rings (SSSR count). The average Bonchev–Trinajstić information content (AvgIpc) is 2.25. The molecule has 15 heavy (non-hydrogen) atoms. The Morgan fingerprint density at radius 1 is 1.47 bits per heavy atom. The monoisotopic (exact) mass is 209 g/mol. The SMILES string of the molecule is COc1ccc([C@@H](N)CCCO)c(C)c1. The zero-order valence-corrected chi connectivity index (χ0v) is 9.36. The zero-order chi connectivity index (χ0) is 11.3. The Balaban J connectivity index is 2.76. The molecule has 3 heteroatoms. The molecule has 0 spiro atoms. The maximum Gasteiger partial charge on any atom is 0.119 e. The van der Waals surface area contributed by atoms with Crippen molar-refractivity contribution in [3.05, 3.63) is 29.3 Å². The minimum Gasteiger partial charge on any atom is -0.497 e. The summed E-state index contributed by atoms with van der Waals surface area (Å²) >= 11 is 0. The van der Waals surface area contributed by atoms with Crippen LogP contribution in [0, 0.1) is 6.92 Å². The topological polar surface area (TPSA) is 55.5 Å². The number of benzene rings is 1. The predicted octanol–water partition coefficient (Wildman–Crippen LogP) is 1.78. The molecular formula is C12H19NO2. The van der Waals surface area contributed by atoms with Gasteiger partial charge in [-0.25, -0.2) is 0 Å². The van der Waals surface area contributed by atoms with Crippen LogP contribution < -0.4 is 10.5 Å². The van der Waals surface area contributed by atoms with Crippen molar-refractivity contribution in [2.24, 2.45) is 5.73 Å². The van der Waals surface area contributed by atoms with Crippen molar-refractivity contribution in [1.82, 2.24) is 0 Å². The number of aliphatic hydroxyl groups excluding tert-OH is 1. The highest BCUT2D eigenvalue weighted by Gasteiger charge is 2.08. The Labute approximate surface area is 90.9 Å². The third-order valence-corrected chi connectivity index (χ3v) is 2.55. The second kappa shape index (κ2) is 5.73. The first-order valence-electron chi connectivity index (χ1n) is 5.20. The summed E-state index contributed by atoms with van der Waals surface area (Å²) in [6.07, 6.45) is 1.55. The number of ether oxygens (including phenoxy) is 1. The number of nitrogens with two attached hydrogens (primary N) is 1. The second-order valence-corrected chi connectivity index (χ2v) is 3.69. The summed E-state index contributed by atoms with van der Waals surface area (Å²) in [5.74, 6) is 0.852. The van der Waals surface area contributed by atoms with Crippen molar-refractivity contribution in [2.75, 3.05) is 13.7 Å². The van der Waals surface area contributed by atoms with Gasteiger partial charge in [-0.2, -0.15) is 0 Å². The van der Waals surface area contributed by atoms with E-state index in [1.165, 1.54) is 0 Å². The van der Waals surface area contributed by atoms with Gasteiger partial charge in [0.15, 0.2) is 0 Å². The molecule has 0 saturated heterocycles. The first-order valence-corrected chi connectivity index (χ1v) is 5.20. The molecule has 1 aromatic rings. The third-order valence-electron chi connectivity index (χ3n) is 2.55. The molecule has 3 nitrogen and oxygen atoms in total. The third kappa shape index (κ3) is 3.22. The summed E-state index contributed by atoms with van der Waals surface area (Å²) in [6.45, 7) is 2.22. The lowest BCUT2D eigenvalue weighted by atomic mass is 9.98. The number of hydrogen-bond acceptors (Lipinski definition) is 3. The van der Waals surface area contributed by atoms with Gasteiger partial charge in [0.1, 0.15) is 5.75 Å². The van der Waals surface area contributed by atoms with Gasteiger partial charge >= 0.3 is 0 Å². The molecule has 0 aromatic heterocycles.